The molecule has 0 saturated heterocycles. The van der Waals surface area contributed by atoms with Crippen molar-refractivity contribution in [2.24, 2.45) is 0 Å². The van der Waals surface area contributed by atoms with Crippen molar-refractivity contribution >= 4 is 18.7 Å². The van der Waals surface area contributed by atoms with Gasteiger partial charge in [0.2, 0.25) is 0 Å². The Morgan fingerprint density at radius 1 is 1.00 bits per heavy atom. The molecule has 2 aromatic carbocycles. The van der Waals surface area contributed by atoms with E-state index in [2.05, 4.69) is 17.9 Å². The molecule has 98 valence electrons. The molecule has 2 rings (SSSR count). The lowest BCUT2D eigenvalue weighted by Gasteiger charge is -2.07. The van der Waals surface area contributed by atoms with Gasteiger partial charge in [0.05, 0.1) is 0 Å². The molecule has 19 heavy (non-hydrogen) atoms. The summed E-state index contributed by atoms with van der Waals surface area (Å²) >= 11 is 4.20. The van der Waals surface area contributed by atoms with Crippen LogP contribution < -0.4 is 5.32 Å². The van der Waals surface area contributed by atoms with Crippen LogP contribution in [0.15, 0.2) is 59.5 Å². The van der Waals surface area contributed by atoms with E-state index >= 15 is 0 Å². The van der Waals surface area contributed by atoms with E-state index in [1.807, 2.05) is 54.6 Å². The van der Waals surface area contributed by atoms with Crippen LogP contribution in [-0.2, 0) is 17.9 Å². The predicted octanol–water partition coefficient (Wildman–Crippen LogP) is 3.40. The Kier molecular flexibility index (Phi) is 4.86. The van der Waals surface area contributed by atoms with E-state index in [0.717, 1.165) is 16.0 Å². The SMILES string of the molecule is O=C(NCc1ccc(S)cc1)OCc1ccccc1. The van der Waals surface area contributed by atoms with Crippen molar-refractivity contribution in [3.8, 4) is 0 Å². The summed E-state index contributed by atoms with van der Waals surface area (Å²) in [6, 6.07) is 17.2. The van der Waals surface area contributed by atoms with Gasteiger partial charge in [0.25, 0.3) is 0 Å². The van der Waals surface area contributed by atoms with Gasteiger partial charge in [-0.05, 0) is 23.3 Å². The van der Waals surface area contributed by atoms with E-state index in [9.17, 15) is 4.79 Å². The summed E-state index contributed by atoms with van der Waals surface area (Å²) in [7, 11) is 0. The zero-order chi connectivity index (χ0) is 13.5. The van der Waals surface area contributed by atoms with E-state index in [0.29, 0.717) is 6.54 Å². The fourth-order valence-corrected chi connectivity index (χ4v) is 1.71. The Morgan fingerprint density at radius 3 is 2.37 bits per heavy atom. The van der Waals surface area contributed by atoms with Crippen molar-refractivity contribution < 1.29 is 9.53 Å². The number of ether oxygens (including phenoxy) is 1. The molecule has 0 heterocycles. The van der Waals surface area contributed by atoms with Gasteiger partial charge in [0.1, 0.15) is 6.61 Å². The lowest BCUT2D eigenvalue weighted by Crippen LogP contribution is -2.23. The number of carbonyl (C=O) groups excluding carboxylic acids is 1. The summed E-state index contributed by atoms with van der Waals surface area (Å²) < 4.78 is 5.11. The van der Waals surface area contributed by atoms with Gasteiger partial charge in [0, 0.05) is 11.4 Å². The first-order valence-corrected chi connectivity index (χ1v) is 6.41. The van der Waals surface area contributed by atoms with Crippen LogP contribution in [-0.4, -0.2) is 6.09 Å². The van der Waals surface area contributed by atoms with Crippen LogP contribution in [0.5, 0.6) is 0 Å². The minimum absolute atomic E-state index is 0.280. The molecule has 4 heteroatoms. The number of rotatable bonds is 4. The van der Waals surface area contributed by atoms with Gasteiger partial charge < -0.3 is 10.1 Å². The van der Waals surface area contributed by atoms with Crippen LogP contribution in [0.4, 0.5) is 4.79 Å². The highest BCUT2D eigenvalue weighted by Gasteiger charge is 2.02. The molecule has 0 aliphatic heterocycles. The van der Waals surface area contributed by atoms with Crippen LogP contribution in [0, 0.1) is 0 Å². The highest BCUT2D eigenvalue weighted by Crippen LogP contribution is 2.07. The molecule has 0 spiro atoms. The second kappa shape index (κ2) is 6.85. The number of thiol groups is 1. The first-order valence-electron chi connectivity index (χ1n) is 5.96. The van der Waals surface area contributed by atoms with E-state index in [1.165, 1.54) is 0 Å². The molecule has 0 radical (unpaired) electrons. The van der Waals surface area contributed by atoms with Crippen LogP contribution in [0.1, 0.15) is 11.1 Å². The van der Waals surface area contributed by atoms with Gasteiger partial charge in [-0.25, -0.2) is 4.79 Å². The number of alkyl carbamates (subject to hydrolysis) is 1. The molecular formula is C15H15NO2S. The number of benzene rings is 2. The number of hydrogen-bond donors (Lipinski definition) is 2. The first-order chi connectivity index (χ1) is 9.24. The summed E-state index contributed by atoms with van der Waals surface area (Å²) in [5, 5.41) is 2.70. The van der Waals surface area contributed by atoms with E-state index in [-0.39, 0.29) is 6.61 Å². The van der Waals surface area contributed by atoms with Gasteiger partial charge in [-0.1, -0.05) is 42.5 Å². The number of carbonyl (C=O) groups is 1. The monoisotopic (exact) mass is 273 g/mol. The topological polar surface area (TPSA) is 38.3 Å². The minimum Gasteiger partial charge on any atom is -0.445 e. The Hall–Kier alpha value is -1.94. The fraction of sp³-hybridized carbons (Fsp3) is 0.133. The standard InChI is InChI=1S/C15H15NO2S/c17-15(18-11-13-4-2-1-3-5-13)16-10-12-6-8-14(19)9-7-12/h1-9,19H,10-11H2,(H,16,17). The lowest BCUT2D eigenvalue weighted by atomic mass is 10.2. The third-order valence-corrected chi connectivity index (χ3v) is 2.88. The molecule has 1 N–H and O–H groups in total. The van der Waals surface area contributed by atoms with Crippen LogP contribution >= 0.6 is 12.6 Å². The summed E-state index contributed by atoms with van der Waals surface area (Å²) in [5.74, 6) is 0. The summed E-state index contributed by atoms with van der Waals surface area (Å²) in [6.07, 6.45) is -0.418. The third kappa shape index (κ3) is 4.67. The Labute approximate surface area is 118 Å². The lowest BCUT2D eigenvalue weighted by molar-refractivity contribution is 0.139. The van der Waals surface area contributed by atoms with Crippen molar-refractivity contribution in [3.63, 3.8) is 0 Å². The second-order valence-corrected chi connectivity index (χ2v) is 4.60. The highest BCUT2D eigenvalue weighted by molar-refractivity contribution is 7.80. The largest absolute Gasteiger partial charge is 0.445 e. The maximum absolute atomic E-state index is 11.5. The number of hydrogen-bond acceptors (Lipinski definition) is 3. The predicted molar refractivity (Wildman–Crippen MR) is 77.2 cm³/mol. The van der Waals surface area contributed by atoms with Gasteiger partial charge in [-0.15, -0.1) is 12.6 Å². The van der Waals surface area contributed by atoms with Gasteiger partial charge in [-0.2, -0.15) is 0 Å². The molecule has 0 atom stereocenters. The molecule has 0 saturated carbocycles. The van der Waals surface area contributed by atoms with Crippen molar-refractivity contribution in [1.29, 1.82) is 0 Å². The average molecular weight is 273 g/mol. The molecule has 0 bridgehead atoms. The van der Waals surface area contributed by atoms with Crippen LogP contribution in [0.2, 0.25) is 0 Å². The first kappa shape index (κ1) is 13.5. The Balaban J connectivity index is 1.74. The molecule has 0 aromatic heterocycles. The van der Waals surface area contributed by atoms with Crippen molar-refractivity contribution in [1.82, 2.24) is 5.32 Å². The molecule has 1 amide bonds. The molecule has 0 aliphatic carbocycles. The summed E-state index contributed by atoms with van der Waals surface area (Å²) in [5.41, 5.74) is 1.98. The van der Waals surface area contributed by atoms with E-state index < -0.39 is 6.09 Å². The van der Waals surface area contributed by atoms with E-state index in [1.54, 1.807) is 0 Å². The van der Waals surface area contributed by atoms with Gasteiger partial charge >= 0.3 is 6.09 Å². The normalized spacial score (nSPS) is 9.95. The fourth-order valence-electron chi connectivity index (χ4n) is 1.56. The Morgan fingerprint density at radius 2 is 1.68 bits per heavy atom. The number of nitrogens with one attached hydrogen (secondary N) is 1. The molecule has 0 unspecified atom stereocenters. The molecule has 0 fully saturated rings. The third-order valence-electron chi connectivity index (χ3n) is 2.59. The smallest absolute Gasteiger partial charge is 0.407 e. The molecule has 2 aromatic rings. The van der Waals surface area contributed by atoms with Crippen LogP contribution in [0.25, 0.3) is 0 Å². The highest BCUT2D eigenvalue weighted by atomic mass is 32.1. The van der Waals surface area contributed by atoms with Crippen molar-refractivity contribution in [2.75, 3.05) is 0 Å². The average Bonchev–Trinajstić information content (AvgIpc) is 2.45. The number of amides is 1. The quantitative estimate of drug-likeness (QED) is 0.838. The molecule has 0 aliphatic rings. The maximum Gasteiger partial charge on any atom is 0.407 e. The molecule has 3 nitrogen and oxygen atoms in total. The van der Waals surface area contributed by atoms with Crippen molar-refractivity contribution in [3.05, 3.63) is 65.7 Å². The van der Waals surface area contributed by atoms with Crippen LogP contribution in [0.3, 0.4) is 0 Å². The zero-order valence-electron chi connectivity index (χ0n) is 10.4. The molecular weight excluding hydrogens is 258 g/mol. The Bertz CT molecular complexity index is 526. The van der Waals surface area contributed by atoms with Gasteiger partial charge in [0.15, 0.2) is 0 Å². The van der Waals surface area contributed by atoms with Gasteiger partial charge in [-0.3, -0.25) is 0 Å². The van der Waals surface area contributed by atoms with E-state index in [4.69, 9.17) is 4.74 Å². The van der Waals surface area contributed by atoms with Crippen molar-refractivity contribution in [2.45, 2.75) is 18.0 Å². The summed E-state index contributed by atoms with van der Waals surface area (Å²) in [6.45, 7) is 0.726. The second-order valence-electron chi connectivity index (χ2n) is 4.08. The minimum atomic E-state index is -0.418. The zero-order valence-corrected chi connectivity index (χ0v) is 11.3. The summed E-state index contributed by atoms with van der Waals surface area (Å²) in [4.78, 5) is 12.4. The maximum atomic E-state index is 11.5.